The number of hydrogen-bond acceptors (Lipinski definition) is 4. The van der Waals surface area contributed by atoms with Gasteiger partial charge in [-0.15, -0.1) is 11.3 Å². The van der Waals surface area contributed by atoms with Gasteiger partial charge in [0.2, 0.25) is 0 Å². The lowest BCUT2D eigenvalue weighted by Gasteiger charge is -2.30. The Kier molecular flexibility index (Phi) is 4.72. The predicted octanol–water partition coefficient (Wildman–Crippen LogP) is 1.97. The van der Waals surface area contributed by atoms with Crippen LogP contribution in [0.2, 0.25) is 0 Å². The predicted molar refractivity (Wildman–Crippen MR) is 74.1 cm³/mol. The third-order valence-electron chi connectivity index (χ3n) is 3.32. The maximum Gasteiger partial charge on any atom is 0.263 e. The van der Waals surface area contributed by atoms with Crippen LogP contribution in [0.15, 0.2) is 6.20 Å². The Bertz CT molecular complexity index is 405. The van der Waals surface area contributed by atoms with Gasteiger partial charge in [0.05, 0.1) is 11.2 Å². The summed E-state index contributed by atoms with van der Waals surface area (Å²) in [5.74, 6) is 0.0235. The second-order valence-electron chi connectivity index (χ2n) is 4.83. The van der Waals surface area contributed by atoms with Crippen LogP contribution in [-0.2, 0) is 6.42 Å². The first kappa shape index (κ1) is 13.5. The summed E-state index contributed by atoms with van der Waals surface area (Å²) in [6, 6.07) is 0.591. The average molecular weight is 267 g/mol. The van der Waals surface area contributed by atoms with Gasteiger partial charge in [-0.05, 0) is 39.2 Å². The van der Waals surface area contributed by atoms with Crippen LogP contribution in [-0.4, -0.2) is 29.5 Å². The SMILES string of the molecule is CCCc1ncc(C(=O)NC2CCCNC2C)s1. The first-order valence-corrected chi connectivity index (χ1v) is 7.51. The van der Waals surface area contributed by atoms with Crippen LogP contribution in [0.1, 0.15) is 47.8 Å². The number of hydrogen-bond donors (Lipinski definition) is 2. The fourth-order valence-electron chi connectivity index (χ4n) is 2.23. The molecule has 100 valence electrons. The fraction of sp³-hybridized carbons (Fsp3) is 0.692. The lowest BCUT2D eigenvalue weighted by atomic mass is 10.00. The third kappa shape index (κ3) is 3.29. The normalized spacial score (nSPS) is 23.9. The molecule has 2 N–H and O–H groups in total. The lowest BCUT2D eigenvalue weighted by molar-refractivity contribution is 0.0924. The molecule has 1 aromatic heterocycles. The Morgan fingerprint density at radius 2 is 2.50 bits per heavy atom. The largest absolute Gasteiger partial charge is 0.347 e. The zero-order valence-electron chi connectivity index (χ0n) is 11.0. The molecular weight excluding hydrogens is 246 g/mol. The van der Waals surface area contributed by atoms with Crippen molar-refractivity contribution in [1.29, 1.82) is 0 Å². The summed E-state index contributed by atoms with van der Waals surface area (Å²) in [6.45, 7) is 5.30. The van der Waals surface area contributed by atoms with Crippen molar-refractivity contribution in [2.45, 2.75) is 51.6 Å². The molecule has 5 heteroatoms. The highest BCUT2D eigenvalue weighted by molar-refractivity contribution is 7.13. The van der Waals surface area contributed by atoms with E-state index in [1.165, 1.54) is 11.3 Å². The Hall–Kier alpha value is -0.940. The highest BCUT2D eigenvalue weighted by atomic mass is 32.1. The molecule has 1 fully saturated rings. The highest BCUT2D eigenvalue weighted by Crippen LogP contribution is 2.16. The molecule has 2 heterocycles. The van der Waals surface area contributed by atoms with Crippen LogP contribution in [0, 0.1) is 0 Å². The molecule has 1 amide bonds. The Morgan fingerprint density at radius 3 is 3.22 bits per heavy atom. The van der Waals surface area contributed by atoms with Crippen molar-refractivity contribution < 1.29 is 4.79 Å². The van der Waals surface area contributed by atoms with Crippen LogP contribution >= 0.6 is 11.3 Å². The van der Waals surface area contributed by atoms with Crippen molar-refractivity contribution >= 4 is 17.2 Å². The molecule has 0 saturated carbocycles. The average Bonchev–Trinajstić information content (AvgIpc) is 2.81. The maximum absolute atomic E-state index is 12.1. The molecular formula is C13H21N3OS. The topological polar surface area (TPSA) is 54.0 Å². The second kappa shape index (κ2) is 6.29. The fourth-order valence-corrected chi connectivity index (χ4v) is 3.15. The van der Waals surface area contributed by atoms with Gasteiger partial charge in [-0.1, -0.05) is 6.92 Å². The van der Waals surface area contributed by atoms with Crippen molar-refractivity contribution in [3.8, 4) is 0 Å². The minimum atomic E-state index is 0.0235. The van der Waals surface area contributed by atoms with Crippen LogP contribution in [0.4, 0.5) is 0 Å². The first-order chi connectivity index (χ1) is 8.70. The molecule has 0 bridgehead atoms. The molecule has 1 saturated heterocycles. The van der Waals surface area contributed by atoms with Crippen LogP contribution in [0.5, 0.6) is 0 Å². The smallest absolute Gasteiger partial charge is 0.263 e. The maximum atomic E-state index is 12.1. The molecule has 1 aromatic rings. The van der Waals surface area contributed by atoms with Crippen LogP contribution in [0.3, 0.4) is 0 Å². The molecule has 0 aromatic carbocycles. The minimum absolute atomic E-state index is 0.0235. The van der Waals surface area contributed by atoms with Gasteiger partial charge in [-0.2, -0.15) is 0 Å². The van der Waals surface area contributed by atoms with E-state index in [4.69, 9.17) is 0 Å². The number of thiazole rings is 1. The number of nitrogens with zero attached hydrogens (tertiary/aromatic N) is 1. The van der Waals surface area contributed by atoms with E-state index in [0.29, 0.717) is 6.04 Å². The van der Waals surface area contributed by atoms with Crippen molar-refractivity contribution in [2.24, 2.45) is 0 Å². The van der Waals surface area contributed by atoms with Gasteiger partial charge in [0, 0.05) is 12.1 Å². The number of carbonyl (C=O) groups excluding carboxylic acids is 1. The van der Waals surface area contributed by atoms with E-state index in [0.717, 1.165) is 42.1 Å². The van der Waals surface area contributed by atoms with Gasteiger partial charge in [0.1, 0.15) is 4.88 Å². The summed E-state index contributed by atoms with van der Waals surface area (Å²) in [5, 5.41) is 7.55. The summed E-state index contributed by atoms with van der Waals surface area (Å²) in [4.78, 5) is 17.1. The van der Waals surface area contributed by atoms with Crippen molar-refractivity contribution in [2.75, 3.05) is 6.54 Å². The van der Waals surface area contributed by atoms with Gasteiger partial charge in [0.15, 0.2) is 0 Å². The van der Waals surface area contributed by atoms with Gasteiger partial charge >= 0.3 is 0 Å². The number of aromatic nitrogens is 1. The number of aryl methyl sites for hydroxylation is 1. The zero-order chi connectivity index (χ0) is 13.0. The summed E-state index contributed by atoms with van der Waals surface area (Å²) < 4.78 is 0. The molecule has 1 aliphatic rings. The molecule has 2 unspecified atom stereocenters. The summed E-state index contributed by atoms with van der Waals surface area (Å²) in [7, 11) is 0. The molecule has 0 radical (unpaired) electrons. The first-order valence-electron chi connectivity index (χ1n) is 6.69. The minimum Gasteiger partial charge on any atom is -0.347 e. The van der Waals surface area contributed by atoms with Crippen LogP contribution < -0.4 is 10.6 Å². The monoisotopic (exact) mass is 267 g/mol. The molecule has 18 heavy (non-hydrogen) atoms. The van der Waals surface area contributed by atoms with Gasteiger partial charge < -0.3 is 10.6 Å². The van der Waals surface area contributed by atoms with Gasteiger partial charge in [-0.3, -0.25) is 4.79 Å². The molecule has 2 rings (SSSR count). The van der Waals surface area contributed by atoms with Crippen LogP contribution in [0.25, 0.3) is 0 Å². The third-order valence-corrected chi connectivity index (χ3v) is 4.38. The number of piperidine rings is 1. The lowest BCUT2D eigenvalue weighted by Crippen LogP contribution is -2.51. The molecule has 1 aliphatic heterocycles. The second-order valence-corrected chi connectivity index (χ2v) is 5.95. The quantitative estimate of drug-likeness (QED) is 0.877. The van der Waals surface area contributed by atoms with E-state index in [9.17, 15) is 4.79 Å². The van der Waals surface area contributed by atoms with Crippen molar-refractivity contribution in [3.05, 3.63) is 16.1 Å². The van der Waals surface area contributed by atoms with E-state index in [-0.39, 0.29) is 11.9 Å². The number of rotatable bonds is 4. The zero-order valence-corrected chi connectivity index (χ0v) is 11.8. The van der Waals surface area contributed by atoms with Gasteiger partial charge in [-0.25, -0.2) is 4.98 Å². The van der Waals surface area contributed by atoms with E-state index >= 15 is 0 Å². The number of carbonyl (C=O) groups is 1. The molecule has 2 atom stereocenters. The van der Waals surface area contributed by atoms with Crippen molar-refractivity contribution in [1.82, 2.24) is 15.6 Å². The Balaban J connectivity index is 1.93. The highest BCUT2D eigenvalue weighted by Gasteiger charge is 2.23. The van der Waals surface area contributed by atoms with Crippen molar-refractivity contribution in [3.63, 3.8) is 0 Å². The Morgan fingerprint density at radius 1 is 1.67 bits per heavy atom. The number of amides is 1. The standard InChI is InChI=1S/C13H21N3OS/c1-3-5-12-15-8-11(18-12)13(17)16-10-6-4-7-14-9(10)2/h8-10,14H,3-7H2,1-2H3,(H,16,17). The summed E-state index contributed by atoms with van der Waals surface area (Å²) in [6.07, 6.45) is 5.91. The van der Waals surface area contributed by atoms with E-state index in [1.807, 2.05) is 0 Å². The molecule has 0 aliphatic carbocycles. The molecule has 0 spiro atoms. The number of nitrogens with one attached hydrogen (secondary N) is 2. The Labute approximate surface area is 112 Å². The summed E-state index contributed by atoms with van der Waals surface area (Å²) in [5.41, 5.74) is 0. The van der Waals surface area contributed by atoms with E-state index < -0.39 is 0 Å². The van der Waals surface area contributed by atoms with E-state index in [2.05, 4.69) is 29.5 Å². The van der Waals surface area contributed by atoms with Gasteiger partial charge in [0.25, 0.3) is 5.91 Å². The van der Waals surface area contributed by atoms with E-state index in [1.54, 1.807) is 6.20 Å². The summed E-state index contributed by atoms with van der Waals surface area (Å²) >= 11 is 1.51. The molecule has 4 nitrogen and oxygen atoms in total.